The number of nitrogens with zero attached hydrogens (tertiary/aromatic N) is 3. The number of carbonyl (C=O) groups is 1. The lowest BCUT2D eigenvalue weighted by atomic mass is 10.1. The zero-order chi connectivity index (χ0) is 18.6. The van der Waals surface area contributed by atoms with Crippen molar-refractivity contribution in [2.45, 2.75) is 39.0 Å². The minimum atomic E-state index is -0.297. The van der Waals surface area contributed by atoms with Crippen LogP contribution in [0.4, 0.5) is 0 Å². The third-order valence-electron chi connectivity index (χ3n) is 3.58. The van der Waals surface area contributed by atoms with E-state index in [0.717, 1.165) is 21.9 Å². The molecule has 0 aliphatic carbocycles. The maximum atomic E-state index is 11.5. The Morgan fingerprint density at radius 3 is 2.56 bits per heavy atom. The number of rotatable bonds is 7. The van der Waals surface area contributed by atoms with E-state index in [1.807, 2.05) is 44.5 Å². The van der Waals surface area contributed by atoms with Gasteiger partial charge in [-0.1, -0.05) is 23.4 Å². The van der Waals surface area contributed by atoms with E-state index in [1.54, 1.807) is 6.92 Å². The fourth-order valence-electron chi connectivity index (χ4n) is 2.36. The van der Waals surface area contributed by atoms with Crippen molar-refractivity contribution in [2.75, 3.05) is 12.4 Å². The maximum absolute atomic E-state index is 11.5. The highest BCUT2D eigenvalue weighted by atomic mass is 35.5. The topological polar surface area (TPSA) is 66.2 Å². The molecule has 0 spiro atoms. The molecule has 1 aromatic heterocycles. The largest absolute Gasteiger partial charge is 0.483 e. The highest BCUT2D eigenvalue weighted by Gasteiger charge is 2.18. The molecule has 0 radical (unpaired) electrons. The number of carbonyl (C=O) groups excluding carboxylic acids is 1. The second-order valence-corrected chi connectivity index (χ2v) is 6.95. The predicted molar refractivity (Wildman–Crippen MR) is 98.3 cm³/mol. The van der Waals surface area contributed by atoms with Crippen LogP contribution in [0.2, 0.25) is 5.02 Å². The fraction of sp³-hybridized carbons (Fsp3) is 0.471. The summed E-state index contributed by atoms with van der Waals surface area (Å²) in [7, 11) is 1.85. The molecule has 0 N–H and O–H groups in total. The molecule has 0 aliphatic heterocycles. The lowest BCUT2D eigenvalue weighted by molar-refractivity contribution is -0.139. The van der Waals surface area contributed by atoms with Crippen molar-refractivity contribution < 1.29 is 14.3 Å². The number of thioether (sulfide) groups is 1. The second-order valence-electron chi connectivity index (χ2n) is 5.62. The Labute approximate surface area is 156 Å². The summed E-state index contributed by atoms with van der Waals surface area (Å²) in [4.78, 5) is 11.5. The number of hydrogen-bond acceptors (Lipinski definition) is 6. The molecule has 1 heterocycles. The van der Waals surface area contributed by atoms with Crippen LogP contribution in [-0.2, 0) is 16.6 Å². The molecule has 0 saturated carbocycles. The third kappa shape index (κ3) is 4.89. The molecule has 0 saturated heterocycles. The molecular weight excluding hydrogens is 362 g/mol. The van der Waals surface area contributed by atoms with Gasteiger partial charge in [0.25, 0.3) is 0 Å². The van der Waals surface area contributed by atoms with Crippen LogP contribution in [0.1, 0.15) is 36.9 Å². The average Bonchev–Trinajstić information content (AvgIpc) is 2.92. The van der Waals surface area contributed by atoms with Crippen LogP contribution in [-0.4, -0.2) is 33.1 Å². The van der Waals surface area contributed by atoms with Gasteiger partial charge in [0.05, 0.1) is 12.4 Å². The van der Waals surface area contributed by atoms with Gasteiger partial charge in [0, 0.05) is 12.1 Å². The van der Waals surface area contributed by atoms with Crippen molar-refractivity contribution in [3.8, 4) is 5.75 Å². The van der Waals surface area contributed by atoms with E-state index in [4.69, 9.17) is 21.1 Å². The number of aryl methyl sites for hydroxylation is 2. The van der Waals surface area contributed by atoms with E-state index in [2.05, 4.69) is 10.2 Å². The van der Waals surface area contributed by atoms with Crippen LogP contribution in [0, 0.1) is 13.8 Å². The second kappa shape index (κ2) is 8.58. The quantitative estimate of drug-likeness (QED) is 0.534. The number of hydrogen-bond donors (Lipinski definition) is 0. The molecule has 2 aromatic rings. The molecule has 6 nitrogen and oxygen atoms in total. The Bertz CT molecular complexity index is 741. The monoisotopic (exact) mass is 383 g/mol. The molecule has 0 bridgehead atoms. The summed E-state index contributed by atoms with van der Waals surface area (Å²) in [5, 5.41) is 9.70. The normalized spacial score (nSPS) is 12.1. The molecule has 0 fully saturated rings. The standard InChI is InChI=1S/C17H22ClN3O3S/c1-6-23-14(22)9-25-17-20-19-16(21(17)5)12(4)24-13-7-10(2)15(18)11(3)8-13/h7-8,12H,6,9H2,1-5H3. The third-order valence-corrected chi connectivity index (χ3v) is 5.17. The summed E-state index contributed by atoms with van der Waals surface area (Å²) in [6.45, 7) is 7.94. The van der Waals surface area contributed by atoms with Crippen molar-refractivity contribution in [1.29, 1.82) is 0 Å². The number of ether oxygens (including phenoxy) is 2. The minimum absolute atomic E-state index is 0.199. The first-order valence-corrected chi connectivity index (χ1v) is 9.31. The van der Waals surface area contributed by atoms with Crippen LogP contribution >= 0.6 is 23.4 Å². The summed E-state index contributed by atoms with van der Waals surface area (Å²) in [6, 6.07) is 3.80. The van der Waals surface area contributed by atoms with E-state index in [0.29, 0.717) is 17.6 Å². The van der Waals surface area contributed by atoms with Crippen LogP contribution < -0.4 is 4.74 Å². The average molecular weight is 384 g/mol. The molecule has 1 atom stereocenters. The molecule has 1 aromatic carbocycles. The minimum Gasteiger partial charge on any atom is -0.483 e. The molecular formula is C17H22ClN3O3S. The maximum Gasteiger partial charge on any atom is 0.316 e. The van der Waals surface area contributed by atoms with Gasteiger partial charge in [0.15, 0.2) is 17.1 Å². The zero-order valence-electron chi connectivity index (χ0n) is 15.0. The van der Waals surface area contributed by atoms with Gasteiger partial charge in [0.2, 0.25) is 0 Å². The number of halogens is 1. The predicted octanol–water partition coefficient (Wildman–Crippen LogP) is 3.88. The molecule has 2 rings (SSSR count). The molecule has 1 unspecified atom stereocenters. The van der Waals surface area contributed by atoms with E-state index in [-0.39, 0.29) is 17.8 Å². The summed E-state index contributed by atoms with van der Waals surface area (Å²) >= 11 is 7.48. The molecule has 0 aliphatic rings. The lowest BCUT2D eigenvalue weighted by Gasteiger charge is -2.16. The first-order chi connectivity index (χ1) is 11.8. The van der Waals surface area contributed by atoms with Gasteiger partial charge in [-0.2, -0.15) is 0 Å². The van der Waals surface area contributed by atoms with Gasteiger partial charge in [0.1, 0.15) is 5.75 Å². The smallest absolute Gasteiger partial charge is 0.316 e. The van der Waals surface area contributed by atoms with Crippen molar-refractivity contribution in [2.24, 2.45) is 7.05 Å². The summed E-state index contributed by atoms with van der Waals surface area (Å²) in [6.07, 6.45) is -0.297. The van der Waals surface area contributed by atoms with Gasteiger partial charge >= 0.3 is 5.97 Å². The van der Waals surface area contributed by atoms with Gasteiger partial charge in [-0.15, -0.1) is 10.2 Å². The Balaban J connectivity index is 2.07. The summed E-state index contributed by atoms with van der Waals surface area (Å²) in [5.74, 6) is 1.34. The fourth-order valence-corrected chi connectivity index (χ4v) is 3.19. The van der Waals surface area contributed by atoms with Crippen molar-refractivity contribution in [3.63, 3.8) is 0 Å². The van der Waals surface area contributed by atoms with Gasteiger partial charge < -0.3 is 14.0 Å². The molecule has 136 valence electrons. The van der Waals surface area contributed by atoms with Gasteiger partial charge in [-0.3, -0.25) is 4.79 Å². The summed E-state index contributed by atoms with van der Waals surface area (Å²) < 4.78 is 12.7. The highest BCUT2D eigenvalue weighted by molar-refractivity contribution is 7.99. The molecule has 0 amide bonds. The Hall–Kier alpha value is -1.73. The molecule has 8 heteroatoms. The lowest BCUT2D eigenvalue weighted by Crippen LogP contribution is -2.11. The number of benzene rings is 1. The highest BCUT2D eigenvalue weighted by Crippen LogP contribution is 2.29. The molecule has 25 heavy (non-hydrogen) atoms. The van der Waals surface area contributed by atoms with Gasteiger partial charge in [-0.05, 0) is 51.0 Å². The van der Waals surface area contributed by atoms with Gasteiger partial charge in [-0.25, -0.2) is 0 Å². The van der Waals surface area contributed by atoms with E-state index < -0.39 is 0 Å². The van der Waals surface area contributed by atoms with E-state index in [9.17, 15) is 4.79 Å². The first-order valence-electron chi connectivity index (χ1n) is 7.94. The first kappa shape index (κ1) is 19.6. The summed E-state index contributed by atoms with van der Waals surface area (Å²) in [5.41, 5.74) is 1.93. The Morgan fingerprint density at radius 2 is 1.96 bits per heavy atom. The van der Waals surface area contributed by atoms with E-state index in [1.165, 1.54) is 11.8 Å². The van der Waals surface area contributed by atoms with Crippen molar-refractivity contribution in [1.82, 2.24) is 14.8 Å². The van der Waals surface area contributed by atoms with Crippen molar-refractivity contribution in [3.05, 3.63) is 34.1 Å². The number of esters is 1. The zero-order valence-corrected chi connectivity index (χ0v) is 16.6. The van der Waals surface area contributed by atoms with E-state index >= 15 is 0 Å². The van der Waals surface area contributed by atoms with Crippen molar-refractivity contribution >= 4 is 29.3 Å². The Kier molecular flexibility index (Phi) is 6.72. The number of aromatic nitrogens is 3. The van der Waals surface area contributed by atoms with Crippen LogP contribution in [0.15, 0.2) is 17.3 Å². The SMILES string of the molecule is CCOC(=O)CSc1nnc(C(C)Oc2cc(C)c(Cl)c(C)c2)n1C. The Morgan fingerprint density at radius 1 is 1.32 bits per heavy atom. The van der Waals surface area contributed by atoms with Crippen LogP contribution in [0.25, 0.3) is 0 Å². The van der Waals surface area contributed by atoms with Crippen LogP contribution in [0.3, 0.4) is 0 Å². The van der Waals surface area contributed by atoms with Crippen LogP contribution in [0.5, 0.6) is 5.75 Å².